The summed E-state index contributed by atoms with van der Waals surface area (Å²) in [5.74, 6) is 0.945. The van der Waals surface area contributed by atoms with E-state index in [1.807, 2.05) is 0 Å². The number of phosphoric acid groups is 2. The van der Waals surface area contributed by atoms with E-state index < -0.39 is 97.5 Å². The van der Waals surface area contributed by atoms with Crippen molar-refractivity contribution in [1.82, 2.24) is 0 Å². The van der Waals surface area contributed by atoms with E-state index >= 15 is 0 Å². The Morgan fingerprint density at radius 3 is 0.732 bits per heavy atom. The average molecular weight is 1420 g/mol. The van der Waals surface area contributed by atoms with E-state index in [1.54, 1.807) is 0 Å². The van der Waals surface area contributed by atoms with Gasteiger partial charge in [0.1, 0.15) is 19.3 Å². The van der Waals surface area contributed by atoms with Gasteiger partial charge in [0.15, 0.2) is 12.2 Å². The van der Waals surface area contributed by atoms with E-state index in [-0.39, 0.29) is 25.7 Å². The molecular weight excluding hydrogens is 1270 g/mol. The highest BCUT2D eigenvalue weighted by Gasteiger charge is 2.30. The van der Waals surface area contributed by atoms with Gasteiger partial charge in [0.25, 0.3) is 0 Å². The highest BCUT2D eigenvalue weighted by Crippen LogP contribution is 2.45. The van der Waals surface area contributed by atoms with E-state index in [0.717, 1.165) is 120 Å². The first kappa shape index (κ1) is 95.1. The molecule has 0 aromatic heterocycles. The fourth-order valence-electron chi connectivity index (χ4n) is 11.8. The maximum absolute atomic E-state index is 13.1. The Morgan fingerprint density at radius 2 is 0.495 bits per heavy atom. The van der Waals surface area contributed by atoms with Crippen LogP contribution in [0.1, 0.15) is 396 Å². The molecule has 0 aromatic carbocycles. The maximum Gasteiger partial charge on any atom is 0.472 e. The summed E-state index contributed by atoms with van der Waals surface area (Å²) >= 11 is 0. The van der Waals surface area contributed by atoms with Gasteiger partial charge in [0, 0.05) is 25.7 Å². The molecule has 17 nitrogen and oxygen atoms in total. The molecule has 0 spiro atoms. The predicted octanol–water partition coefficient (Wildman–Crippen LogP) is 22.8. The molecule has 0 aliphatic rings. The molecule has 7 atom stereocenters. The van der Waals surface area contributed by atoms with Crippen LogP contribution in [0.25, 0.3) is 0 Å². The molecule has 0 aromatic rings. The van der Waals surface area contributed by atoms with Crippen LogP contribution in [0.2, 0.25) is 0 Å². The van der Waals surface area contributed by atoms with Crippen LogP contribution >= 0.6 is 15.6 Å². The van der Waals surface area contributed by atoms with Gasteiger partial charge in [-0.3, -0.25) is 37.3 Å². The second-order valence-electron chi connectivity index (χ2n) is 29.5. The largest absolute Gasteiger partial charge is 0.472 e. The Labute approximate surface area is 594 Å². The second-order valence-corrected chi connectivity index (χ2v) is 32.4. The molecule has 19 heteroatoms. The third-order valence-electron chi connectivity index (χ3n) is 18.8. The number of rotatable bonds is 75. The van der Waals surface area contributed by atoms with Crippen molar-refractivity contribution in [3.63, 3.8) is 0 Å². The number of esters is 4. The Kier molecular flexibility index (Phi) is 65.9. The number of hydrogen-bond donors (Lipinski definition) is 3. The lowest BCUT2D eigenvalue weighted by molar-refractivity contribution is -0.161. The molecule has 0 amide bonds. The number of carbonyl (C=O) groups is 4. The minimum Gasteiger partial charge on any atom is -0.462 e. The summed E-state index contributed by atoms with van der Waals surface area (Å²) in [6.07, 6.45) is 53.0. The Balaban J connectivity index is 5.15. The number of hydrogen-bond acceptors (Lipinski definition) is 15. The van der Waals surface area contributed by atoms with Gasteiger partial charge in [0.2, 0.25) is 0 Å². The summed E-state index contributed by atoms with van der Waals surface area (Å²) in [7, 11) is -9.91. The minimum absolute atomic E-state index is 0.106. The number of aliphatic hydroxyl groups is 1. The molecule has 97 heavy (non-hydrogen) atoms. The molecule has 0 radical (unpaired) electrons. The Bertz CT molecular complexity index is 1910. The first-order valence-corrected chi connectivity index (χ1v) is 43.3. The van der Waals surface area contributed by atoms with Gasteiger partial charge in [-0.25, -0.2) is 9.13 Å². The number of carbonyl (C=O) groups excluding carboxylic acids is 4. The molecule has 576 valence electrons. The van der Waals surface area contributed by atoms with Gasteiger partial charge in [-0.2, -0.15) is 0 Å². The number of ether oxygens (including phenoxy) is 4. The molecule has 0 saturated heterocycles. The predicted molar refractivity (Wildman–Crippen MR) is 395 cm³/mol. The van der Waals surface area contributed by atoms with Crippen LogP contribution in [0.5, 0.6) is 0 Å². The lowest BCUT2D eigenvalue weighted by atomic mass is 9.99. The summed E-state index contributed by atoms with van der Waals surface area (Å²) in [5.41, 5.74) is 0. The van der Waals surface area contributed by atoms with Crippen LogP contribution < -0.4 is 0 Å². The molecular formula is C78H152O17P2. The molecule has 3 N–H and O–H groups in total. The van der Waals surface area contributed by atoms with E-state index in [9.17, 15) is 43.2 Å². The zero-order chi connectivity index (χ0) is 71.7. The standard InChI is InChI=1S/C78H152O17P2/c1-9-70(7)56-48-40-31-27-23-19-15-13-11-12-14-16-20-24-28-32-44-52-60-78(83)95-74(65-89-76(81)59-51-43-37-35-41-49-57-71(8)10-2)67-93-97(86,87)91-63-72(79)62-90-96(84,85)92-66-73(64-88-75(80)58-50-42-36-34-39-47-55-69(5)6)94-77(82)61-53-45-33-29-25-21-17-18-22-26-30-38-46-54-68(3)4/h68-74,79H,9-67H2,1-8H3,(H,84,85)(H,86,87)/t70?,71?,72-,73-,74-/m1/s1. The van der Waals surface area contributed by atoms with Gasteiger partial charge >= 0.3 is 39.5 Å². The molecule has 0 aliphatic carbocycles. The van der Waals surface area contributed by atoms with Crippen LogP contribution in [0, 0.1) is 23.7 Å². The Hall–Kier alpha value is -1.94. The van der Waals surface area contributed by atoms with Crippen LogP contribution in [0.3, 0.4) is 0 Å². The van der Waals surface area contributed by atoms with E-state index in [1.165, 1.54) is 186 Å². The van der Waals surface area contributed by atoms with Crippen molar-refractivity contribution in [3.8, 4) is 0 Å². The minimum atomic E-state index is -4.96. The highest BCUT2D eigenvalue weighted by molar-refractivity contribution is 7.47. The highest BCUT2D eigenvalue weighted by atomic mass is 31.2. The molecule has 0 aliphatic heterocycles. The third kappa shape index (κ3) is 69.5. The number of unbranched alkanes of at least 4 members (excludes halogenated alkanes) is 39. The number of aliphatic hydroxyl groups excluding tert-OH is 1. The topological polar surface area (TPSA) is 237 Å². The quantitative estimate of drug-likeness (QED) is 0.0222. The first-order chi connectivity index (χ1) is 46.7. The molecule has 0 fully saturated rings. The fourth-order valence-corrected chi connectivity index (χ4v) is 13.4. The smallest absolute Gasteiger partial charge is 0.462 e. The van der Waals surface area contributed by atoms with Crippen molar-refractivity contribution >= 4 is 39.5 Å². The van der Waals surface area contributed by atoms with E-state index in [4.69, 9.17) is 37.0 Å². The third-order valence-corrected chi connectivity index (χ3v) is 20.7. The van der Waals surface area contributed by atoms with Gasteiger partial charge in [-0.15, -0.1) is 0 Å². The van der Waals surface area contributed by atoms with Gasteiger partial charge in [-0.05, 0) is 49.4 Å². The number of phosphoric ester groups is 2. The summed E-state index contributed by atoms with van der Waals surface area (Å²) in [4.78, 5) is 72.8. The fraction of sp³-hybridized carbons (Fsp3) is 0.949. The first-order valence-electron chi connectivity index (χ1n) is 40.3. The van der Waals surface area contributed by atoms with Crippen molar-refractivity contribution in [1.29, 1.82) is 0 Å². The van der Waals surface area contributed by atoms with Crippen molar-refractivity contribution in [3.05, 3.63) is 0 Å². The summed E-state index contributed by atoms with van der Waals surface area (Å²) in [5, 5.41) is 10.6. The zero-order valence-electron chi connectivity index (χ0n) is 63.7. The van der Waals surface area contributed by atoms with Gasteiger partial charge < -0.3 is 33.8 Å². The van der Waals surface area contributed by atoms with Crippen LogP contribution in [0.4, 0.5) is 0 Å². The SMILES string of the molecule is CCC(C)CCCCCCCCCCCCCCCCCCCCC(=O)O[C@H](COC(=O)CCCCCCCCC(C)CC)COP(=O)(O)OC[C@H](O)COP(=O)(O)OC[C@@H](COC(=O)CCCCCCCCC(C)C)OC(=O)CCCCCCCCCCCCCCCC(C)C. The summed E-state index contributed by atoms with van der Waals surface area (Å²) < 4.78 is 68.5. The lowest BCUT2D eigenvalue weighted by Gasteiger charge is -2.21. The normalized spacial score (nSPS) is 14.6. The van der Waals surface area contributed by atoms with Gasteiger partial charge in [0.05, 0.1) is 26.4 Å². The molecule has 4 unspecified atom stereocenters. The summed E-state index contributed by atoms with van der Waals surface area (Å²) in [6, 6.07) is 0. The summed E-state index contributed by atoms with van der Waals surface area (Å²) in [6.45, 7) is 14.2. The van der Waals surface area contributed by atoms with E-state index in [2.05, 4.69) is 55.4 Å². The van der Waals surface area contributed by atoms with Crippen LogP contribution in [-0.2, 0) is 65.4 Å². The van der Waals surface area contributed by atoms with E-state index in [0.29, 0.717) is 31.6 Å². The maximum atomic E-state index is 13.1. The van der Waals surface area contributed by atoms with Crippen molar-refractivity contribution in [2.24, 2.45) is 23.7 Å². The van der Waals surface area contributed by atoms with Crippen molar-refractivity contribution in [2.45, 2.75) is 414 Å². The molecule has 0 saturated carbocycles. The van der Waals surface area contributed by atoms with Crippen molar-refractivity contribution in [2.75, 3.05) is 39.6 Å². The van der Waals surface area contributed by atoms with Crippen molar-refractivity contribution < 1.29 is 80.2 Å². The van der Waals surface area contributed by atoms with Gasteiger partial charge in [-0.1, -0.05) is 344 Å². The Morgan fingerprint density at radius 1 is 0.289 bits per heavy atom. The average Bonchev–Trinajstić information content (AvgIpc) is 0.994. The van der Waals surface area contributed by atoms with Crippen LogP contribution in [0.15, 0.2) is 0 Å². The zero-order valence-corrected chi connectivity index (χ0v) is 65.5. The van der Waals surface area contributed by atoms with Crippen LogP contribution in [-0.4, -0.2) is 96.7 Å². The molecule has 0 rings (SSSR count). The molecule has 0 heterocycles. The monoisotopic (exact) mass is 1420 g/mol. The second kappa shape index (κ2) is 67.2. The lowest BCUT2D eigenvalue weighted by Crippen LogP contribution is -2.30. The molecule has 0 bridgehead atoms.